The van der Waals surface area contributed by atoms with Crippen LogP contribution >= 0.6 is 0 Å². The third-order valence-electron chi connectivity index (χ3n) is 3.77. The molecule has 19 heavy (non-hydrogen) atoms. The zero-order valence-corrected chi connectivity index (χ0v) is 12.1. The second-order valence-corrected chi connectivity index (χ2v) is 7.37. The lowest BCUT2D eigenvalue weighted by molar-refractivity contribution is 0.0907. The molecule has 1 saturated carbocycles. The summed E-state index contributed by atoms with van der Waals surface area (Å²) in [6.07, 6.45) is 7.64. The molecule has 0 unspecified atom stereocenters. The van der Waals surface area contributed by atoms with Crippen molar-refractivity contribution in [1.29, 1.82) is 0 Å². The van der Waals surface area contributed by atoms with Crippen molar-refractivity contribution in [3.05, 3.63) is 29.8 Å². The highest BCUT2D eigenvalue weighted by molar-refractivity contribution is 7.90. The van der Waals surface area contributed by atoms with Crippen molar-refractivity contribution in [2.24, 2.45) is 5.92 Å². The van der Waals surface area contributed by atoms with Gasteiger partial charge in [0.15, 0.2) is 15.6 Å². The molecule has 0 atom stereocenters. The van der Waals surface area contributed by atoms with E-state index in [0.29, 0.717) is 5.56 Å². The molecule has 0 radical (unpaired) electrons. The van der Waals surface area contributed by atoms with Crippen LogP contribution in [-0.4, -0.2) is 20.5 Å². The summed E-state index contributed by atoms with van der Waals surface area (Å²) in [5.41, 5.74) is 0.537. The van der Waals surface area contributed by atoms with Crippen LogP contribution in [0.15, 0.2) is 29.2 Å². The van der Waals surface area contributed by atoms with E-state index in [-0.39, 0.29) is 16.6 Å². The molecule has 1 aliphatic rings. The highest BCUT2D eigenvalue weighted by Crippen LogP contribution is 2.26. The van der Waals surface area contributed by atoms with Gasteiger partial charge in [-0.3, -0.25) is 4.79 Å². The molecule has 3 nitrogen and oxygen atoms in total. The van der Waals surface area contributed by atoms with E-state index in [4.69, 9.17) is 0 Å². The second-order valence-electron chi connectivity index (χ2n) is 5.35. The van der Waals surface area contributed by atoms with E-state index in [2.05, 4.69) is 0 Å². The van der Waals surface area contributed by atoms with E-state index in [9.17, 15) is 13.2 Å². The predicted molar refractivity (Wildman–Crippen MR) is 75.1 cm³/mol. The number of benzene rings is 1. The van der Waals surface area contributed by atoms with Crippen LogP contribution in [-0.2, 0) is 9.84 Å². The van der Waals surface area contributed by atoms with Crippen LogP contribution in [0.2, 0.25) is 0 Å². The van der Waals surface area contributed by atoms with Crippen molar-refractivity contribution in [3.8, 4) is 0 Å². The number of hydrogen-bond donors (Lipinski definition) is 0. The molecule has 1 fully saturated rings. The summed E-state index contributed by atoms with van der Waals surface area (Å²) in [6.45, 7) is 0. The zero-order chi connectivity index (χ0) is 13.9. The van der Waals surface area contributed by atoms with E-state index in [1.165, 1.54) is 25.2 Å². The SMILES string of the molecule is CS(=O)(=O)c1cccc(C(=O)C2CCCCCC2)c1. The molecule has 0 amide bonds. The van der Waals surface area contributed by atoms with Crippen LogP contribution in [0.5, 0.6) is 0 Å². The molecular weight excluding hydrogens is 260 g/mol. The lowest BCUT2D eigenvalue weighted by Gasteiger charge is -2.13. The maximum atomic E-state index is 12.4. The molecule has 104 valence electrons. The monoisotopic (exact) mass is 280 g/mol. The fourth-order valence-corrected chi connectivity index (χ4v) is 3.32. The Balaban J connectivity index is 2.23. The van der Waals surface area contributed by atoms with E-state index in [1.807, 2.05) is 0 Å². The Hall–Kier alpha value is -1.16. The van der Waals surface area contributed by atoms with Gasteiger partial charge in [0.25, 0.3) is 0 Å². The molecule has 0 saturated heterocycles. The normalized spacial score (nSPS) is 17.9. The third kappa shape index (κ3) is 3.66. The first-order chi connectivity index (χ1) is 8.98. The van der Waals surface area contributed by atoms with Gasteiger partial charge in [0.1, 0.15) is 0 Å². The Morgan fingerprint density at radius 1 is 1.11 bits per heavy atom. The van der Waals surface area contributed by atoms with Gasteiger partial charge in [0.05, 0.1) is 4.90 Å². The first kappa shape index (κ1) is 14.3. The Bertz CT molecular complexity index is 553. The van der Waals surface area contributed by atoms with E-state index in [0.717, 1.165) is 25.7 Å². The van der Waals surface area contributed by atoms with Gasteiger partial charge in [-0.25, -0.2) is 8.42 Å². The molecule has 0 bridgehead atoms. The molecule has 0 aliphatic heterocycles. The van der Waals surface area contributed by atoms with Crippen molar-refractivity contribution < 1.29 is 13.2 Å². The smallest absolute Gasteiger partial charge is 0.175 e. The van der Waals surface area contributed by atoms with Gasteiger partial charge in [-0.15, -0.1) is 0 Å². The van der Waals surface area contributed by atoms with E-state index >= 15 is 0 Å². The summed E-state index contributed by atoms with van der Waals surface area (Å²) >= 11 is 0. The van der Waals surface area contributed by atoms with E-state index in [1.54, 1.807) is 18.2 Å². The first-order valence-corrected chi connectivity index (χ1v) is 8.72. The number of Topliss-reactive ketones (excluding diaryl/α,β-unsaturated/α-hetero) is 1. The lowest BCUT2D eigenvalue weighted by Crippen LogP contribution is -2.14. The van der Waals surface area contributed by atoms with Gasteiger partial charge in [0, 0.05) is 17.7 Å². The summed E-state index contributed by atoms with van der Waals surface area (Å²) in [4.78, 5) is 12.7. The summed E-state index contributed by atoms with van der Waals surface area (Å²) in [7, 11) is -3.25. The quantitative estimate of drug-likeness (QED) is 0.631. The third-order valence-corrected chi connectivity index (χ3v) is 4.88. The van der Waals surface area contributed by atoms with Crippen LogP contribution in [0.25, 0.3) is 0 Å². The number of carbonyl (C=O) groups is 1. The van der Waals surface area contributed by atoms with Crippen LogP contribution in [0.4, 0.5) is 0 Å². The van der Waals surface area contributed by atoms with Crippen LogP contribution in [0, 0.1) is 5.92 Å². The van der Waals surface area contributed by atoms with Crippen molar-refractivity contribution in [1.82, 2.24) is 0 Å². The van der Waals surface area contributed by atoms with Crippen molar-refractivity contribution in [3.63, 3.8) is 0 Å². The Morgan fingerprint density at radius 3 is 2.32 bits per heavy atom. The molecule has 1 aromatic carbocycles. The summed E-state index contributed by atoms with van der Waals surface area (Å²) in [6, 6.07) is 6.43. The Morgan fingerprint density at radius 2 is 1.74 bits per heavy atom. The summed E-state index contributed by atoms with van der Waals surface area (Å²) in [5, 5.41) is 0. The van der Waals surface area contributed by atoms with Crippen molar-refractivity contribution >= 4 is 15.6 Å². The molecular formula is C15H20O3S. The second kappa shape index (κ2) is 5.87. The molecule has 0 N–H and O–H groups in total. The highest BCUT2D eigenvalue weighted by atomic mass is 32.2. The van der Waals surface area contributed by atoms with Gasteiger partial charge in [0.2, 0.25) is 0 Å². The molecule has 2 rings (SSSR count). The number of hydrogen-bond acceptors (Lipinski definition) is 3. The molecule has 0 heterocycles. The fourth-order valence-electron chi connectivity index (χ4n) is 2.66. The Kier molecular flexibility index (Phi) is 4.40. The van der Waals surface area contributed by atoms with Crippen LogP contribution in [0.1, 0.15) is 48.9 Å². The number of carbonyl (C=O) groups excluding carboxylic acids is 1. The van der Waals surface area contributed by atoms with Gasteiger partial charge in [-0.2, -0.15) is 0 Å². The average Bonchev–Trinajstić information content (AvgIpc) is 2.66. The summed E-state index contributed by atoms with van der Waals surface area (Å²) in [5.74, 6) is 0.171. The topological polar surface area (TPSA) is 51.2 Å². The molecule has 0 aromatic heterocycles. The Labute approximate surface area is 114 Å². The minimum Gasteiger partial charge on any atom is -0.294 e. The van der Waals surface area contributed by atoms with Gasteiger partial charge in [-0.1, -0.05) is 37.8 Å². The minimum atomic E-state index is -3.25. The first-order valence-electron chi connectivity index (χ1n) is 6.83. The average molecular weight is 280 g/mol. The van der Waals surface area contributed by atoms with Gasteiger partial charge >= 0.3 is 0 Å². The maximum absolute atomic E-state index is 12.4. The van der Waals surface area contributed by atoms with Crippen molar-refractivity contribution in [2.45, 2.75) is 43.4 Å². The largest absolute Gasteiger partial charge is 0.294 e. The van der Waals surface area contributed by atoms with Crippen LogP contribution < -0.4 is 0 Å². The zero-order valence-electron chi connectivity index (χ0n) is 11.3. The highest BCUT2D eigenvalue weighted by Gasteiger charge is 2.22. The predicted octanol–water partition coefficient (Wildman–Crippen LogP) is 3.24. The standard InChI is InChI=1S/C15H20O3S/c1-19(17,18)14-10-6-9-13(11-14)15(16)12-7-4-2-3-5-8-12/h6,9-12H,2-5,7-8H2,1H3. The minimum absolute atomic E-state index is 0.0670. The van der Waals surface area contributed by atoms with Gasteiger partial charge in [-0.05, 0) is 25.0 Å². The van der Waals surface area contributed by atoms with Gasteiger partial charge < -0.3 is 0 Å². The molecule has 1 aliphatic carbocycles. The van der Waals surface area contributed by atoms with Crippen LogP contribution in [0.3, 0.4) is 0 Å². The lowest BCUT2D eigenvalue weighted by atomic mass is 9.91. The molecule has 0 spiro atoms. The molecule has 4 heteroatoms. The number of rotatable bonds is 3. The van der Waals surface area contributed by atoms with Crippen molar-refractivity contribution in [2.75, 3.05) is 6.26 Å². The number of ketones is 1. The molecule has 1 aromatic rings. The number of sulfone groups is 1. The fraction of sp³-hybridized carbons (Fsp3) is 0.533. The summed E-state index contributed by atoms with van der Waals surface area (Å²) < 4.78 is 23.1. The maximum Gasteiger partial charge on any atom is 0.175 e. The van der Waals surface area contributed by atoms with E-state index < -0.39 is 9.84 Å².